The Kier molecular flexibility index (Phi) is 5.20. The van der Waals surface area contributed by atoms with Gasteiger partial charge in [0.15, 0.2) is 0 Å². The topological polar surface area (TPSA) is 63.7 Å². The molecule has 0 unspecified atom stereocenters. The molecule has 1 aromatic rings. The van der Waals surface area contributed by atoms with Gasteiger partial charge in [-0.1, -0.05) is 12.1 Å². The van der Waals surface area contributed by atoms with Gasteiger partial charge in [0.05, 0.1) is 0 Å². The number of aryl methyl sites for hydroxylation is 1. The number of carboxylic acid groups (broad SMARTS) is 1. The molecule has 5 heteroatoms. The summed E-state index contributed by atoms with van der Waals surface area (Å²) in [5.74, 6) is -1.05. The van der Waals surface area contributed by atoms with Crippen molar-refractivity contribution in [3.8, 4) is 0 Å². The maximum Gasteiger partial charge on any atom is 0.222 e. The third-order valence-corrected chi connectivity index (χ3v) is 3.77. The van der Waals surface area contributed by atoms with E-state index in [2.05, 4.69) is 30.0 Å². The number of benzene rings is 1. The molecule has 1 aliphatic rings. The van der Waals surface area contributed by atoms with E-state index in [9.17, 15) is 14.7 Å². The zero-order chi connectivity index (χ0) is 15.2. The van der Waals surface area contributed by atoms with Crippen LogP contribution in [0.15, 0.2) is 24.3 Å². The minimum Gasteiger partial charge on any atom is -0.550 e. The van der Waals surface area contributed by atoms with Crippen molar-refractivity contribution < 1.29 is 14.7 Å². The third kappa shape index (κ3) is 4.48. The molecule has 0 spiro atoms. The van der Waals surface area contributed by atoms with Crippen LogP contribution in [-0.2, 0) is 9.59 Å². The maximum atomic E-state index is 12.0. The molecule has 0 aliphatic carbocycles. The molecule has 0 bridgehead atoms. The van der Waals surface area contributed by atoms with Gasteiger partial charge in [0, 0.05) is 44.3 Å². The van der Waals surface area contributed by atoms with Gasteiger partial charge < -0.3 is 19.7 Å². The number of carboxylic acids is 1. The van der Waals surface area contributed by atoms with Crippen molar-refractivity contribution in [3.63, 3.8) is 0 Å². The van der Waals surface area contributed by atoms with E-state index in [1.165, 1.54) is 11.3 Å². The summed E-state index contributed by atoms with van der Waals surface area (Å²) in [6, 6.07) is 8.35. The molecule has 0 aromatic heterocycles. The summed E-state index contributed by atoms with van der Waals surface area (Å²) in [6.07, 6.45) is 0.604. The van der Waals surface area contributed by atoms with Crippen LogP contribution < -0.4 is 10.0 Å². The molecule has 0 N–H and O–H groups in total. The van der Waals surface area contributed by atoms with E-state index >= 15 is 0 Å². The Bertz CT molecular complexity index is 508. The van der Waals surface area contributed by atoms with Gasteiger partial charge in [-0.3, -0.25) is 4.79 Å². The predicted octanol–water partition coefficient (Wildman–Crippen LogP) is 0.564. The Morgan fingerprint density at radius 2 is 1.86 bits per heavy atom. The van der Waals surface area contributed by atoms with Gasteiger partial charge in [-0.15, -0.1) is 0 Å². The molecule has 1 fully saturated rings. The summed E-state index contributed by atoms with van der Waals surface area (Å²) in [4.78, 5) is 26.4. The minimum atomic E-state index is -1.09. The van der Waals surface area contributed by atoms with Crippen LogP contribution in [0.4, 0.5) is 5.69 Å². The van der Waals surface area contributed by atoms with Crippen LogP contribution in [0.3, 0.4) is 0 Å². The molecule has 1 aliphatic heterocycles. The largest absolute Gasteiger partial charge is 0.550 e. The van der Waals surface area contributed by atoms with E-state index in [1.54, 1.807) is 0 Å². The number of hydrogen-bond acceptors (Lipinski definition) is 4. The van der Waals surface area contributed by atoms with Crippen LogP contribution in [0.5, 0.6) is 0 Å². The molecule has 1 saturated heterocycles. The molecular formula is C16H21N2O3-. The third-order valence-electron chi connectivity index (χ3n) is 3.77. The van der Waals surface area contributed by atoms with Crippen molar-refractivity contribution in [2.75, 3.05) is 31.1 Å². The van der Waals surface area contributed by atoms with E-state index in [-0.39, 0.29) is 12.3 Å². The summed E-state index contributed by atoms with van der Waals surface area (Å²) in [6.45, 7) is 5.09. The normalized spacial score (nSPS) is 15.1. The number of anilines is 1. The average molecular weight is 289 g/mol. The molecule has 0 atom stereocenters. The molecule has 1 heterocycles. The Balaban J connectivity index is 1.80. The lowest BCUT2D eigenvalue weighted by Crippen LogP contribution is -2.48. The van der Waals surface area contributed by atoms with Gasteiger partial charge in [-0.25, -0.2) is 0 Å². The van der Waals surface area contributed by atoms with Gasteiger partial charge in [0.25, 0.3) is 0 Å². The average Bonchev–Trinajstić information content (AvgIpc) is 2.47. The molecule has 114 valence electrons. The van der Waals surface area contributed by atoms with Crippen molar-refractivity contribution in [1.82, 2.24) is 4.90 Å². The lowest BCUT2D eigenvalue weighted by Gasteiger charge is -2.36. The number of nitrogens with zero attached hydrogens (tertiary/aromatic N) is 2. The highest BCUT2D eigenvalue weighted by molar-refractivity contribution is 5.77. The van der Waals surface area contributed by atoms with Crippen LogP contribution in [-0.4, -0.2) is 43.0 Å². The number of aliphatic carboxylic acids is 1. The fourth-order valence-corrected chi connectivity index (χ4v) is 2.58. The fraction of sp³-hybridized carbons (Fsp3) is 0.500. The summed E-state index contributed by atoms with van der Waals surface area (Å²) in [5, 5.41) is 10.3. The number of carbonyl (C=O) groups is 2. The van der Waals surface area contributed by atoms with E-state index in [0.29, 0.717) is 25.9 Å². The zero-order valence-corrected chi connectivity index (χ0v) is 12.4. The molecule has 5 nitrogen and oxygen atoms in total. The Morgan fingerprint density at radius 3 is 2.48 bits per heavy atom. The van der Waals surface area contributed by atoms with Gasteiger partial charge >= 0.3 is 0 Å². The first-order valence-corrected chi connectivity index (χ1v) is 7.35. The van der Waals surface area contributed by atoms with Crippen LogP contribution in [0, 0.1) is 6.92 Å². The number of piperazine rings is 1. The first-order chi connectivity index (χ1) is 10.1. The zero-order valence-electron chi connectivity index (χ0n) is 12.4. The fourth-order valence-electron chi connectivity index (χ4n) is 2.58. The van der Waals surface area contributed by atoms with Gasteiger partial charge in [-0.2, -0.15) is 0 Å². The Labute approximate surface area is 125 Å². The second-order valence-corrected chi connectivity index (χ2v) is 5.43. The van der Waals surface area contributed by atoms with Crippen LogP contribution in [0.1, 0.15) is 24.8 Å². The molecule has 1 amide bonds. The van der Waals surface area contributed by atoms with Gasteiger partial charge in [0.1, 0.15) is 0 Å². The van der Waals surface area contributed by atoms with Crippen molar-refractivity contribution in [3.05, 3.63) is 29.8 Å². The quantitative estimate of drug-likeness (QED) is 0.795. The Morgan fingerprint density at radius 1 is 1.14 bits per heavy atom. The molecule has 21 heavy (non-hydrogen) atoms. The first-order valence-electron chi connectivity index (χ1n) is 7.35. The van der Waals surface area contributed by atoms with E-state index in [0.717, 1.165) is 13.1 Å². The van der Waals surface area contributed by atoms with Gasteiger partial charge in [-0.05, 0) is 37.5 Å². The standard InChI is InChI=1S/C16H22N2O3/c1-13-4-2-5-14(12-13)17-8-10-18(11-9-17)15(19)6-3-7-16(20)21/h2,4-5,12H,3,6-11H2,1H3,(H,20,21)/p-1. The van der Waals surface area contributed by atoms with Crippen LogP contribution >= 0.6 is 0 Å². The van der Waals surface area contributed by atoms with Crippen molar-refractivity contribution in [1.29, 1.82) is 0 Å². The van der Waals surface area contributed by atoms with E-state index < -0.39 is 5.97 Å². The SMILES string of the molecule is Cc1cccc(N2CCN(C(=O)CCCC(=O)[O-])CC2)c1. The molecular weight excluding hydrogens is 268 g/mol. The smallest absolute Gasteiger partial charge is 0.222 e. The number of rotatable bonds is 5. The van der Waals surface area contributed by atoms with E-state index in [4.69, 9.17) is 0 Å². The highest BCUT2D eigenvalue weighted by atomic mass is 16.4. The second-order valence-electron chi connectivity index (χ2n) is 5.43. The molecule has 1 aromatic carbocycles. The summed E-state index contributed by atoms with van der Waals surface area (Å²) in [7, 11) is 0. The highest BCUT2D eigenvalue weighted by Gasteiger charge is 2.20. The highest BCUT2D eigenvalue weighted by Crippen LogP contribution is 2.18. The Hall–Kier alpha value is -2.04. The number of carbonyl (C=O) groups excluding carboxylic acids is 2. The molecule has 0 radical (unpaired) electrons. The van der Waals surface area contributed by atoms with Crippen LogP contribution in [0.2, 0.25) is 0 Å². The first kappa shape index (κ1) is 15.4. The number of hydrogen-bond donors (Lipinski definition) is 0. The van der Waals surface area contributed by atoms with Crippen molar-refractivity contribution in [2.45, 2.75) is 26.2 Å². The minimum absolute atomic E-state index is 0.0418. The van der Waals surface area contributed by atoms with Crippen LogP contribution in [0.25, 0.3) is 0 Å². The van der Waals surface area contributed by atoms with Crippen molar-refractivity contribution in [2.24, 2.45) is 0 Å². The molecule has 0 saturated carbocycles. The van der Waals surface area contributed by atoms with E-state index in [1.807, 2.05) is 11.0 Å². The molecule has 2 rings (SSSR count). The van der Waals surface area contributed by atoms with Crippen molar-refractivity contribution >= 4 is 17.6 Å². The monoisotopic (exact) mass is 289 g/mol. The predicted molar refractivity (Wildman–Crippen MR) is 78.8 cm³/mol. The number of amides is 1. The summed E-state index contributed by atoms with van der Waals surface area (Å²) < 4.78 is 0. The maximum absolute atomic E-state index is 12.0. The summed E-state index contributed by atoms with van der Waals surface area (Å²) >= 11 is 0. The lowest BCUT2D eigenvalue weighted by molar-refractivity contribution is -0.305. The van der Waals surface area contributed by atoms with Gasteiger partial charge in [0.2, 0.25) is 5.91 Å². The lowest BCUT2D eigenvalue weighted by atomic mass is 10.1. The second kappa shape index (κ2) is 7.11. The summed E-state index contributed by atoms with van der Waals surface area (Å²) in [5.41, 5.74) is 2.42.